The van der Waals surface area contributed by atoms with Gasteiger partial charge in [-0.2, -0.15) is 4.99 Å². The van der Waals surface area contributed by atoms with Crippen LogP contribution in [-0.2, 0) is 11.2 Å². The quantitative estimate of drug-likeness (QED) is 0.170. The Labute approximate surface area is 281 Å². The van der Waals surface area contributed by atoms with Gasteiger partial charge < -0.3 is 10.1 Å². The first-order chi connectivity index (χ1) is 22.4. The van der Waals surface area contributed by atoms with Crippen molar-refractivity contribution < 1.29 is 22.7 Å². The van der Waals surface area contributed by atoms with E-state index in [9.17, 15) is 18.0 Å². The number of thiocarbonyl (C=S) groups is 1. The van der Waals surface area contributed by atoms with E-state index in [0.717, 1.165) is 41.6 Å². The maximum absolute atomic E-state index is 12.9. The van der Waals surface area contributed by atoms with Gasteiger partial charge in [0.25, 0.3) is 0 Å². The Morgan fingerprint density at radius 1 is 1.09 bits per heavy atom. The topological polar surface area (TPSA) is 84.6 Å². The van der Waals surface area contributed by atoms with Crippen LogP contribution in [0.2, 0.25) is 0 Å². The van der Waals surface area contributed by atoms with Crippen LogP contribution in [-0.4, -0.2) is 49.1 Å². The van der Waals surface area contributed by atoms with Gasteiger partial charge in [-0.05, 0) is 98.3 Å². The van der Waals surface area contributed by atoms with E-state index in [1.807, 2.05) is 37.3 Å². The normalized spacial score (nSPS) is 15.0. The minimum absolute atomic E-state index is 0.000366. The number of ether oxygens (including phenoxy) is 1. The van der Waals surface area contributed by atoms with Crippen LogP contribution in [0.5, 0.6) is 5.75 Å². The fourth-order valence-electron chi connectivity index (χ4n) is 5.17. The highest BCUT2D eigenvalue weighted by molar-refractivity contribution is 8.15. The van der Waals surface area contributed by atoms with Crippen LogP contribution in [0.25, 0.3) is 17.1 Å². The molecule has 1 saturated heterocycles. The molecular weight excluding hydrogens is 646 g/mol. The predicted octanol–water partition coefficient (Wildman–Crippen LogP) is 7.99. The number of benzene rings is 3. The summed E-state index contributed by atoms with van der Waals surface area (Å²) in [5.41, 5.74) is 5.59. The zero-order valence-electron chi connectivity index (χ0n) is 26.4. The molecule has 1 aliphatic rings. The number of rotatable bonds is 10. The van der Waals surface area contributed by atoms with E-state index in [1.165, 1.54) is 52.6 Å². The lowest BCUT2D eigenvalue weighted by Crippen LogP contribution is -2.34. The van der Waals surface area contributed by atoms with Crippen molar-refractivity contribution in [3.05, 3.63) is 89.7 Å². The molecule has 1 atom stereocenters. The molecule has 0 spiro atoms. The van der Waals surface area contributed by atoms with Crippen molar-refractivity contribution in [2.75, 3.05) is 10.7 Å². The molecule has 1 aromatic heterocycles. The van der Waals surface area contributed by atoms with E-state index in [4.69, 9.17) is 12.2 Å². The second-order valence-electron chi connectivity index (χ2n) is 11.6. The summed E-state index contributed by atoms with van der Waals surface area (Å²) in [6.45, 7) is 8.31. The third-order valence-electron chi connectivity index (χ3n) is 7.52. The van der Waals surface area contributed by atoms with E-state index in [-0.39, 0.29) is 23.6 Å². The zero-order chi connectivity index (χ0) is 33.7. The summed E-state index contributed by atoms with van der Waals surface area (Å²) >= 11 is 6.97. The standard InChI is InChI=1S/C34H35F3N6O2S2/c1-21(2)28-17-8-22(3)18-29(28)43-30(44)19-47-33(43)40-32(46)39-23(4)6-5-7-24-9-11-25(12-10-24)31-38-20-42(41-31)26-13-15-27(16-14-26)45-34(35,36)37/h8-18,20-21,23H,5-7,19H2,1-4H3,(H,39,46)/b40-33-. The number of nitrogens with zero attached hydrogens (tertiary/aromatic N) is 5. The maximum Gasteiger partial charge on any atom is 0.573 e. The number of thioether (sulfide) groups is 1. The number of hydrogen-bond acceptors (Lipinski definition) is 6. The molecule has 1 unspecified atom stereocenters. The number of carbonyl (C=O) groups excluding carboxylic acids is 1. The molecule has 0 radical (unpaired) electrons. The van der Waals surface area contributed by atoms with Crippen molar-refractivity contribution >= 4 is 45.9 Å². The molecule has 1 N–H and O–H groups in total. The third-order valence-corrected chi connectivity index (χ3v) is 8.66. The monoisotopic (exact) mass is 680 g/mol. The van der Waals surface area contributed by atoms with Crippen LogP contribution in [0.3, 0.4) is 0 Å². The molecule has 2 heterocycles. The first kappa shape index (κ1) is 34.1. The lowest BCUT2D eigenvalue weighted by atomic mass is 9.99. The van der Waals surface area contributed by atoms with Crippen molar-refractivity contribution in [2.45, 2.75) is 65.3 Å². The number of nitrogens with one attached hydrogen (secondary N) is 1. The second-order valence-corrected chi connectivity index (χ2v) is 13.0. The number of amidine groups is 1. The molecule has 3 aromatic carbocycles. The van der Waals surface area contributed by atoms with Gasteiger partial charge in [-0.3, -0.25) is 9.69 Å². The summed E-state index contributed by atoms with van der Waals surface area (Å²) in [7, 11) is 0. The van der Waals surface area contributed by atoms with Crippen LogP contribution in [0, 0.1) is 6.92 Å². The van der Waals surface area contributed by atoms with Gasteiger partial charge >= 0.3 is 6.36 Å². The number of anilines is 1. The van der Waals surface area contributed by atoms with E-state index < -0.39 is 6.36 Å². The summed E-state index contributed by atoms with van der Waals surface area (Å²) < 4.78 is 42.7. The Hall–Kier alpha value is -4.23. The number of hydrogen-bond donors (Lipinski definition) is 1. The minimum Gasteiger partial charge on any atom is -0.406 e. The fourth-order valence-corrected chi connectivity index (χ4v) is 6.38. The van der Waals surface area contributed by atoms with Gasteiger partial charge in [-0.15, -0.1) is 18.3 Å². The summed E-state index contributed by atoms with van der Waals surface area (Å²) in [6.07, 6.45) is -0.567. The van der Waals surface area contributed by atoms with E-state index in [0.29, 0.717) is 27.5 Å². The fraction of sp³-hybridized carbons (Fsp3) is 0.324. The van der Waals surface area contributed by atoms with Gasteiger partial charge in [-0.25, -0.2) is 9.67 Å². The van der Waals surface area contributed by atoms with Crippen LogP contribution >= 0.6 is 24.0 Å². The Kier molecular flexibility index (Phi) is 10.7. The molecular formula is C34H35F3N6O2S2. The average molecular weight is 681 g/mol. The molecule has 0 bridgehead atoms. The number of aromatic nitrogens is 3. The van der Waals surface area contributed by atoms with Gasteiger partial charge in [0.15, 0.2) is 16.1 Å². The number of carbonyl (C=O) groups is 1. The summed E-state index contributed by atoms with van der Waals surface area (Å²) in [6, 6.07) is 19.7. The number of aryl methyl sites for hydroxylation is 2. The first-order valence-corrected chi connectivity index (χ1v) is 16.6. The van der Waals surface area contributed by atoms with Gasteiger partial charge in [-0.1, -0.05) is 62.0 Å². The predicted molar refractivity (Wildman–Crippen MR) is 184 cm³/mol. The second kappa shape index (κ2) is 14.7. The lowest BCUT2D eigenvalue weighted by molar-refractivity contribution is -0.274. The molecule has 8 nitrogen and oxygen atoms in total. The molecule has 1 amide bonds. The van der Waals surface area contributed by atoms with Gasteiger partial charge in [0.05, 0.1) is 17.1 Å². The van der Waals surface area contributed by atoms with Gasteiger partial charge in [0.2, 0.25) is 5.91 Å². The Morgan fingerprint density at radius 3 is 2.49 bits per heavy atom. The molecule has 4 aromatic rings. The minimum atomic E-state index is -4.74. The van der Waals surface area contributed by atoms with Crippen molar-refractivity contribution in [3.63, 3.8) is 0 Å². The molecule has 1 fully saturated rings. The largest absolute Gasteiger partial charge is 0.573 e. The van der Waals surface area contributed by atoms with Crippen LogP contribution in [0.15, 0.2) is 78.0 Å². The molecule has 5 rings (SSSR count). The number of halogens is 3. The summed E-state index contributed by atoms with van der Waals surface area (Å²) in [4.78, 5) is 23.6. The Bertz CT molecular complexity index is 1750. The Morgan fingerprint density at radius 2 is 1.81 bits per heavy atom. The molecule has 0 saturated carbocycles. The molecule has 47 heavy (non-hydrogen) atoms. The van der Waals surface area contributed by atoms with Crippen LogP contribution in [0.1, 0.15) is 56.2 Å². The average Bonchev–Trinajstić information content (AvgIpc) is 3.64. The van der Waals surface area contributed by atoms with E-state index in [1.54, 1.807) is 4.90 Å². The number of aliphatic imine (C=N–C) groups is 1. The van der Waals surface area contributed by atoms with Crippen molar-refractivity contribution in [1.82, 2.24) is 20.1 Å². The van der Waals surface area contributed by atoms with Crippen molar-refractivity contribution in [3.8, 4) is 22.8 Å². The Balaban J connectivity index is 1.12. The lowest BCUT2D eigenvalue weighted by Gasteiger charge is -2.22. The highest BCUT2D eigenvalue weighted by atomic mass is 32.2. The zero-order valence-corrected chi connectivity index (χ0v) is 28.0. The van der Waals surface area contributed by atoms with Gasteiger partial charge in [0.1, 0.15) is 12.1 Å². The summed E-state index contributed by atoms with van der Waals surface area (Å²) in [5.74, 6) is 0.790. The van der Waals surface area contributed by atoms with Crippen LogP contribution in [0.4, 0.5) is 18.9 Å². The highest BCUT2D eigenvalue weighted by Crippen LogP contribution is 2.34. The molecule has 0 aliphatic carbocycles. The van der Waals surface area contributed by atoms with E-state index >= 15 is 0 Å². The van der Waals surface area contributed by atoms with Crippen molar-refractivity contribution in [1.29, 1.82) is 0 Å². The number of alkyl halides is 3. The molecule has 246 valence electrons. The van der Waals surface area contributed by atoms with Crippen LogP contribution < -0.4 is 15.0 Å². The summed E-state index contributed by atoms with van der Waals surface area (Å²) in [5, 5.41) is 8.73. The van der Waals surface area contributed by atoms with Crippen molar-refractivity contribution in [2.24, 2.45) is 4.99 Å². The smallest absolute Gasteiger partial charge is 0.406 e. The first-order valence-electron chi connectivity index (χ1n) is 15.2. The third kappa shape index (κ3) is 8.98. The maximum atomic E-state index is 12.9. The van der Waals surface area contributed by atoms with Gasteiger partial charge in [0, 0.05) is 11.6 Å². The van der Waals surface area contributed by atoms with E-state index in [2.05, 4.69) is 58.0 Å². The molecule has 1 aliphatic heterocycles. The highest BCUT2D eigenvalue weighted by Gasteiger charge is 2.32. The SMILES string of the molecule is Cc1ccc(C(C)C)c(N2C(=O)CS/C2=N\C(=S)NC(C)CCCc2ccc(-c3ncn(-c4ccc(OC(F)(F)F)cc4)n3)cc2)c1. The molecule has 13 heteroatoms. The number of amides is 1.